The molecule has 5 nitrogen and oxygen atoms in total. The number of rotatable bonds is 5. The normalized spacial score (nSPS) is 17.8. The number of aromatic nitrogens is 2. The summed E-state index contributed by atoms with van der Waals surface area (Å²) in [5.74, 6) is 2.52. The zero-order chi connectivity index (χ0) is 14.2. The molecule has 1 aromatic heterocycles. The molecule has 1 aliphatic carbocycles. The number of nitrogens with zero attached hydrogens (tertiary/aromatic N) is 2. The van der Waals surface area contributed by atoms with Crippen LogP contribution >= 0.6 is 0 Å². The number of hydrogen-bond acceptors (Lipinski definition) is 5. The van der Waals surface area contributed by atoms with Crippen molar-refractivity contribution in [2.45, 2.75) is 31.7 Å². The Morgan fingerprint density at radius 3 is 2.65 bits per heavy atom. The van der Waals surface area contributed by atoms with Gasteiger partial charge in [0.25, 0.3) is 0 Å². The first-order valence-corrected chi connectivity index (χ1v) is 6.84. The third-order valence-electron chi connectivity index (χ3n) is 3.88. The lowest BCUT2D eigenvalue weighted by molar-refractivity contribution is 0.272. The quantitative estimate of drug-likeness (QED) is 0.904. The summed E-state index contributed by atoms with van der Waals surface area (Å²) in [6, 6.07) is 7.84. The summed E-state index contributed by atoms with van der Waals surface area (Å²) in [5, 5.41) is 4.03. The molecule has 106 valence electrons. The number of nitrogens with two attached hydrogens (primary N) is 1. The molecule has 3 rings (SSSR count). The van der Waals surface area contributed by atoms with E-state index in [0.29, 0.717) is 24.1 Å². The Morgan fingerprint density at radius 2 is 2.05 bits per heavy atom. The van der Waals surface area contributed by atoms with E-state index in [9.17, 15) is 0 Å². The lowest BCUT2D eigenvalue weighted by atomic mass is 9.97. The van der Waals surface area contributed by atoms with Crippen molar-refractivity contribution in [3.63, 3.8) is 0 Å². The highest BCUT2D eigenvalue weighted by atomic mass is 16.5. The van der Waals surface area contributed by atoms with Crippen molar-refractivity contribution in [3.8, 4) is 5.75 Å². The fraction of sp³-hybridized carbons (Fsp3) is 0.467. The molecule has 0 aliphatic heterocycles. The maximum Gasteiger partial charge on any atom is 0.246 e. The third-order valence-corrected chi connectivity index (χ3v) is 3.88. The van der Waals surface area contributed by atoms with Crippen LogP contribution in [0.2, 0.25) is 0 Å². The average molecular weight is 273 g/mol. The summed E-state index contributed by atoms with van der Waals surface area (Å²) in [6.45, 7) is 1.97. The maximum absolute atomic E-state index is 6.28. The fourth-order valence-electron chi connectivity index (χ4n) is 2.33. The molecule has 1 heterocycles. The van der Waals surface area contributed by atoms with Gasteiger partial charge in [-0.15, -0.1) is 0 Å². The van der Waals surface area contributed by atoms with E-state index in [1.54, 1.807) is 7.11 Å². The van der Waals surface area contributed by atoms with Crippen LogP contribution in [0.25, 0.3) is 0 Å². The first-order valence-electron chi connectivity index (χ1n) is 6.84. The molecular formula is C15H19N3O2. The minimum atomic E-state index is -0.495. The summed E-state index contributed by atoms with van der Waals surface area (Å²) >= 11 is 0. The fourth-order valence-corrected chi connectivity index (χ4v) is 2.33. The minimum absolute atomic E-state index is 0.469. The van der Waals surface area contributed by atoms with Crippen molar-refractivity contribution in [2.24, 2.45) is 11.7 Å². The van der Waals surface area contributed by atoms with Crippen molar-refractivity contribution in [1.82, 2.24) is 10.1 Å². The topological polar surface area (TPSA) is 74.2 Å². The van der Waals surface area contributed by atoms with E-state index in [2.05, 4.69) is 10.1 Å². The summed E-state index contributed by atoms with van der Waals surface area (Å²) < 4.78 is 10.5. The molecule has 2 N–H and O–H groups in total. The average Bonchev–Trinajstić information content (AvgIpc) is 3.21. The Bertz CT molecular complexity index is 585. The van der Waals surface area contributed by atoms with E-state index in [4.69, 9.17) is 15.0 Å². The molecule has 0 saturated heterocycles. The predicted molar refractivity (Wildman–Crippen MR) is 74.4 cm³/mol. The summed E-state index contributed by atoms with van der Waals surface area (Å²) in [4.78, 5) is 4.45. The van der Waals surface area contributed by atoms with Gasteiger partial charge in [0.2, 0.25) is 5.89 Å². The van der Waals surface area contributed by atoms with Gasteiger partial charge in [0, 0.05) is 6.42 Å². The molecule has 1 aromatic carbocycles. The van der Waals surface area contributed by atoms with Crippen LogP contribution in [0.5, 0.6) is 5.75 Å². The van der Waals surface area contributed by atoms with Crippen LogP contribution in [0.4, 0.5) is 0 Å². The second-order valence-electron chi connectivity index (χ2n) is 5.60. The van der Waals surface area contributed by atoms with Crippen molar-refractivity contribution in [1.29, 1.82) is 0 Å². The zero-order valence-electron chi connectivity index (χ0n) is 11.8. The van der Waals surface area contributed by atoms with Crippen LogP contribution in [-0.4, -0.2) is 17.3 Å². The lowest BCUT2D eigenvalue weighted by Gasteiger charge is -2.18. The maximum atomic E-state index is 6.28. The van der Waals surface area contributed by atoms with Gasteiger partial charge in [-0.2, -0.15) is 4.98 Å². The van der Waals surface area contributed by atoms with Crippen molar-refractivity contribution >= 4 is 0 Å². The van der Waals surface area contributed by atoms with Crippen LogP contribution in [0.15, 0.2) is 28.8 Å². The van der Waals surface area contributed by atoms with Gasteiger partial charge in [0.05, 0.1) is 12.6 Å². The minimum Gasteiger partial charge on any atom is -0.497 e. The monoisotopic (exact) mass is 273 g/mol. The van der Waals surface area contributed by atoms with Gasteiger partial charge in [-0.3, -0.25) is 0 Å². The second kappa shape index (κ2) is 4.90. The molecule has 2 aromatic rings. The number of ether oxygens (including phenoxy) is 1. The van der Waals surface area contributed by atoms with Crippen LogP contribution < -0.4 is 10.5 Å². The Hall–Kier alpha value is -1.88. The van der Waals surface area contributed by atoms with Gasteiger partial charge in [0.1, 0.15) is 5.75 Å². The number of benzene rings is 1. The van der Waals surface area contributed by atoms with E-state index in [1.165, 1.54) is 0 Å². The zero-order valence-corrected chi connectivity index (χ0v) is 11.8. The third kappa shape index (κ3) is 2.54. The highest BCUT2D eigenvalue weighted by Gasteiger charge is 2.43. The molecule has 0 radical (unpaired) electrons. The lowest BCUT2D eigenvalue weighted by Crippen LogP contribution is -2.35. The molecule has 0 amide bonds. The highest BCUT2D eigenvalue weighted by Crippen LogP contribution is 2.43. The summed E-state index contributed by atoms with van der Waals surface area (Å²) in [5.41, 5.74) is 6.89. The van der Waals surface area contributed by atoms with E-state index >= 15 is 0 Å². The van der Waals surface area contributed by atoms with Crippen LogP contribution in [0.1, 0.15) is 37.0 Å². The molecule has 0 spiro atoms. The molecule has 20 heavy (non-hydrogen) atoms. The predicted octanol–water partition coefficient (Wildman–Crippen LogP) is 2.25. The summed E-state index contributed by atoms with van der Waals surface area (Å²) in [7, 11) is 1.65. The van der Waals surface area contributed by atoms with Gasteiger partial charge in [-0.25, -0.2) is 0 Å². The van der Waals surface area contributed by atoms with Gasteiger partial charge < -0.3 is 15.0 Å². The standard InChI is InChI=1S/C15H19N3O2/c1-15(16,11-5-6-11)14-17-13(18-20-14)9-10-3-7-12(19-2)8-4-10/h3-4,7-8,11H,5-6,9,16H2,1-2H3. The molecule has 1 aliphatic rings. The second-order valence-corrected chi connectivity index (χ2v) is 5.60. The van der Waals surface area contributed by atoms with Crippen LogP contribution in [-0.2, 0) is 12.0 Å². The Labute approximate surface area is 118 Å². The first kappa shape index (κ1) is 13.1. The number of methoxy groups -OCH3 is 1. The number of hydrogen-bond donors (Lipinski definition) is 1. The van der Waals surface area contributed by atoms with E-state index in [1.807, 2.05) is 31.2 Å². The molecule has 5 heteroatoms. The SMILES string of the molecule is COc1ccc(Cc2noc(C(C)(N)C3CC3)n2)cc1. The van der Waals surface area contributed by atoms with Crippen molar-refractivity contribution in [2.75, 3.05) is 7.11 Å². The Balaban J connectivity index is 1.73. The van der Waals surface area contributed by atoms with Gasteiger partial charge in [-0.1, -0.05) is 17.3 Å². The van der Waals surface area contributed by atoms with E-state index in [0.717, 1.165) is 24.2 Å². The van der Waals surface area contributed by atoms with Crippen molar-refractivity contribution in [3.05, 3.63) is 41.5 Å². The summed E-state index contributed by atoms with van der Waals surface area (Å²) in [6.07, 6.45) is 2.92. The molecule has 1 atom stereocenters. The van der Waals surface area contributed by atoms with Crippen LogP contribution in [0, 0.1) is 5.92 Å². The van der Waals surface area contributed by atoms with E-state index in [-0.39, 0.29) is 0 Å². The Morgan fingerprint density at radius 1 is 1.35 bits per heavy atom. The van der Waals surface area contributed by atoms with Gasteiger partial charge >= 0.3 is 0 Å². The smallest absolute Gasteiger partial charge is 0.246 e. The first-order chi connectivity index (χ1) is 9.59. The molecular weight excluding hydrogens is 254 g/mol. The molecule has 1 fully saturated rings. The van der Waals surface area contributed by atoms with Gasteiger partial charge in [0.15, 0.2) is 5.82 Å². The largest absolute Gasteiger partial charge is 0.497 e. The molecule has 1 saturated carbocycles. The highest BCUT2D eigenvalue weighted by molar-refractivity contribution is 5.28. The Kier molecular flexibility index (Phi) is 3.22. The molecule has 1 unspecified atom stereocenters. The van der Waals surface area contributed by atoms with E-state index < -0.39 is 5.54 Å². The van der Waals surface area contributed by atoms with Gasteiger partial charge in [-0.05, 0) is 43.4 Å². The molecule has 0 bridgehead atoms. The van der Waals surface area contributed by atoms with Crippen molar-refractivity contribution < 1.29 is 9.26 Å². The van der Waals surface area contributed by atoms with Crippen LogP contribution in [0.3, 0.4) is 0 Å².